The molecule has 0 fully saturated rings. The number of carbonyl (C=O) groups excluding carboxylic acids is 1. The average molecular weight is 425 g/mol. The molecule has 6 nitrogen and oxygen atoms in total. The summed E-state index contributed by atoms with van der Waals surface area (Å²) in [6.45, 7) is 6.19. The van der Waals surface area contributed by atoms with Gasteiger partial charge in [-0.1, -0.05) is 30.3 Å². The second-order valence-electron chi connectivity index (χ2n) is 6.86. The highest BCUT2D eigenvalue weighted by atomic mass is 35.5. The van der Waals surface area contributed by atoms with Crippen LogP contribution in [0.5, 0.6) is 5.75 Å². The Morgan fingerprint density at radius 2 is 2.00 bits per heavy atom. The number of benzodiazepines with no additional fused rings is 1. The Balaban J connectivity index is 2.29. The fourth-order valence-electron chi connectivity index (χ4n) is 3.39. The third kappa shape index (κ3) is 4.24. The van der Waals surface area contributed by atoms with Crippen LogP contribution in [0.25, 0.3) is 0 Å². The average Bonchev–Trinajstić information content (AvgIpc) is 2.88. The molecule has 1 amide bonds. The van der Waals surface area contributed by atoms with Crippen molar-refractivity contribution in [3.63, 3.8) is 0 Å². The predicted octanol–water partition coefficient (Wildman–Crippen LogP) is 4.07. The fourth-order valence-corrected chi connectivity index (χ4v) is 3.52. The van der Waals surface area contributed by atoms with Crippen LogP contribution in [-0.4, -0.2) is 44.7 Å². The van der Waals surface area contributed by atoms with Gasteiger partial charge < -0.3 is 15.0 Å². The number of fused-ring (bicyclic) bond motifs is 1. The van der Waals surface area contributed by atoms with Crippen LogP contribution in [0.4, 0.5) is 5.69 Å². The first-order valence-electron chi connectivity index (χ1n) is 9.54. The van der Waals surface area contributed by atoms with Crippen molar-refractivity contribution in [3.8, 4) is 5.75 Å². The molecule has 0 aromatic heterocycles. The van der Waals surface area contributed by atoms with Gasteiger partial charge in [-0.15, -0.1) is 0 Å². The van der Waals surface area contributed by atoms with E-state index in [0.29, 0.717) is 16.5 Å². The highest BCUT2D eigenvalue weighted by Crippen LogP contribution is 2.35. The minimum Gasteiger partial charge on any atom is -0.497 e. The van der Waals surface area contributed by atoms with Crippen LogP contribution < -0.4 is 15.0 Å². The van der Waals surface area contributed by atoms with Gasteiger partial charge in [0.05, 0.1) is 31.0 Å². The number of amidine groups is 1. The number of carbonyl (C=O) groups is 1. The maximum atomic E-state index is 12.2. The smallest absolute Gasteiger partial charge is 0.222 e. The van der Waals surface area contributed by atoms with Gasteiger partial charge in [0.25, 0.3) is 0 Å². The summed E-state index contributed by atoms with van der Waals surface area (Å²) in [4.78, 5) is 23.6. The highest BCUT2D eigenvalue weighted by Gasteiger charge is 2.30. The molecule has 0 unspecified atom stereocenters. The largest absolute Gasteiger partial charge is 0.497 e. The molecule has 2 aromatic carbocycles. The third-order valence-electron chi connectivity index (χ3n) is 5.08. The van der Waals surface area contributed by atoms with Crippen molar-refractivity contribution in [1.29, 1.82) is 0 Å². The van der Waals surface area contributed by atoms with E-state index in [1.807, 2.05) is 54.3 Å². The van der Waals surface area contributed by atoms with Crippen LogP contribution in [0, 0.1) is 0 Å². The van der Waals surface area contributed by atoms with E-state index in [9.17, 15) is 4.79 Å². The van der Waals surface area contributed by atoms with E-state index in [0.717, 1.165) is 28.4 Å². The molecule has 1 N–H and O–H groups in total. The lowest BCUT2D eigenvalue weighted by atomic mass is 9.99. The summed E-state index contributed by atoms with van der Waals surface area (Å²) < 4.78 is 5.47. The third-order valence-corrected chi connectivity index (χ3v) is 5.33. The minimum absolute atomic E-state index is 0.116. The Morgan fingerprint density at radius 1 is 1.30 bits per heavy atom. The summed E-state index contributed by atoms with van der Waals surface area (Å²) in [6.07, 6.45) is 0.172. The van der Waals surface area contributed by atoms with Crippen LogP contribution in [0.1, 0.15) is 24.5 Å². The molecule has 0 radical (unpaired) electrons. The van der Waals surface area contributed by atoms with Crippen LogP contribution in [0.15, 0.2) is 64.7 Å². The zero-order valence-corrected chi connectivity index (χ0v) is 18.3. The lowest BCUT2D eigenvalue weighted by molar-refractivity contribution is -0.120. The van der Waals surface area contributed by atoms with Crippen molar-refractivity contribution in [2.75, 3.05) is 26.1 Å². The zero-order valence-electron chi connectivity index (χ0n) is 17.6. The molecule has 2 aromatic rings. The first kappa shape index (κ1) is 21.6. The Labute approximate surface area is 181 Å². The number of halogens is 1. The topological polar surface area (TPSA) is 66.3 Å². The SMILES string of the molecule is C=C1[C@H](CC(=O)NC)N=C(c2ccc(Cl)cc2)c2cc(OC)ccc2N1C(C)=NC. The number of methoxy groups -OCH3 is 1. The number of rotatable bonds is 4. The van der Waals surface area contributed by atoms with Gasteiger partial charge in [-0.05, 0) is 37.3 Å². The fraction of sp³-hybridized carbons (Fsp3) is 0.261. The molecule has 1 atom stereocenters. The van der Waals surface area contributed by atoms with Crippen molar-refractivity contribution in [2.24, 2.45) is 9.98 Å². The van der Waals surface area contributed by atoms with E-state index in [1.165, 1.54) is 0 Å². The molecule has 156 valence electrons. The molecule has 1 heterocycles. The first-order valence-corrected chi connectivity index (χ1v) is 9.92. The summed E-state index contributed by atoms with van der Waals surface area (Å²) >= 11 is 6.10. The van der Waals surface area contributed by atoms with Crippen molar-refractivity contribution >= 4 is 34.7 Å². The molecule has 0 saturated heterocycles. The van der Waals surface area contributed by atoms with Gasteiger partial charge in [0.2, 0.25) is 5.91 Å². The number of aliphatic imine (C=N–C) groups is 2. The second kappa shape index (κ2) is 9.13. The van der Waals surface area contributed by atoms with E-state index < -0.39 is 6.04 Å². The monoisotopic (exact) mass is 424 g/mol. The quantitative estimate of drug-likeness (QED) is 0.594. The summed E-state index contributed by atoms with van der Waals surface area (Å²) in [5.41, 5.74) is 4.04. The number of nitrogens with zero attached hydrogens (tertiary/aromatic N) is 3. The normalized spacial score (nSPS) is 16.5. The number of nitrogens with one attached hydrogen (secondary N) is 1. The number of hydrogen-bond acceptors (Lipinski definition) is 4. The summed E-state index contributed by atoms with van der Waals surface area (Å²) in [5.74, 6) is 1.34. The van der Waals surface area contributed by atoms with Crippen LogP contribution in [0.2, 0.25) is 5.02 Å². The maximum absolute atomic E-state index is 12.2. The minimum atomic E-state index is -0.467. The van der Waals surface area contributed by atoms with Gasteiger partial charge in [0, 0.05) is 35.9 Å². The van der Waals surface area contributed by atoms with Gasteiger partial charge >= 0.3 is 0 Å². The first-order chi connectivity index (χ1) is 14.4. The predicted molar refractivity (Wildman–Crippen MR) is 123 cm³/mol. The summed E-state index contributed by atoms with van der Waals surface area (Å²) in [5, 5.41) is 3.32. The molecule has 1 aliphatic rings. The van der Waals surface area contributed by atoms with Gasteiger partial charge in [-0.2, -0.15) is 0 Å². The van der Waals surface area contributed by atoms with Crippen LogP contribution >= 0.6 is 11.6 Å². The van der Waals surface area contributed by atoms with Gasteiger partial charge in [0.1, 0.15) is 11.6 Å². The number of amides is 1. The van der Waals surface area contributed by atoms with Crippen molar-refractivity contribution in [2.45, 2.75) is 19.4 Å². The molecule has 0 bridgehead atoms. The maximum Gasteiger partial charge on any atom is 0.222 e. The molecule has 3 rings (SSSR count). The lowest BCUT2D eigenvalue weighted by Gasteiger charge is -2.29. The van der Waals surface area contributed by atoms with Crippen molar-refractivity contribution < 1.29 is 9.53 Å². The molecule has 0 spiro atoms. The van der Waals surface area contributed by atoms with E-state index in [4.69, 9.17) is 21.3 Å². The lowest BCUT2D eigenvalue weighted by Crippen LogP contribution is -2.34. The van der Waals surface area contributed by atoms with Gasteiger partial charge in [0.15, 0.2) is 0 Å². The van der Waals surface area contributed by atoms with Crippen LogP contribution in [0.3, 0.4) is 0 Å². The molecule has 7 heteroatoms. The molecule has 30 heavy (non-hydrogen) atoms. The van der Waals surface area contributed by atoms with E-state index in [1.54, 1.807) is 21.2 Å². The summed E-state index contributed by atoms with van der Waals surface area (Å²) in [7, 11) is 4.97. The van der Waals surface area contributed by atoms with Crippen LogP contribution in [-0.2, 0) is 4.79 Å². The molecular weight excluding hydrogens is 400 g/mol. The highest BCUT2D eigenvalue weighted by molar-refractivity contribution is 6.30. The number of hydrogen-bond donors (Lipinski definition) is 1. The Bertz CT molecular complexity index is 1030. The van der Waals surface area contributed by atoms with Crippen molar-refractivity contribution in [1.82, 2.24) is 5.32 Å². The number of ether oxygens (including phenoxy) is 1. The van der Waals surface area contributed by atoms with E-state index in [-0.39, 0.29) is 12.3 Å². The Morgan fingerprint density at radius 3 is 2.60 bits per heavy atom. The van der Waals surface area contributed by atoms with Gasteiger partial charge in [-0.25, -0.2) is 0 Å². The van der Waals surface area contributed by atoms with Gasteiger partial charge in [-0.3, -0.25) is 14.8 Å². The number of benzene rings is 2. The van der Waals surface area contributed by atoms with E-state index >= 15 is 0 Å². The van der Waals surface area contributed by atoms with Crippen molar-refractivity contribution in [3.05, 3.63) is 70.9 Å². The molecule has 1 aliphatic heterocycles. The molecule has 0 aliphatic carbocycles. The second-order valence-corrected chi connectivity index (χ2v) is 7.29. The Hall–Kier alpha value is -3.12. The van der Waals surface area contributed by atoms with E-state index in [2.05, 4.69) is 16.9 Å². The Kier molecular flexibility index (Phi) is 6.57. The number of anilines is 1. The zero-order chi connectivity index (χ0) is 21.8. The molecule has 0 saturated carbocycles. The summed E-state index contributed by atoms with van der Waals surface area (Å²) in [6, 6.07) is 12.8. The standard InChI is InChI=1S/C23H25ClN4O2/c1-14-20(13-22(29)26-4)27-23(16-6-8-17(24)9-7-16)19-12-18(30-5)10-11-21(19)28(14)15(2)25-3/h6-12,20H,1,13H2,2-5H3,(H,26,29)/t20-/m0/s1. The molecular formula is C23H25ClN4O2.